The van der Waals surface area contributed by atoms with Gasteiger partial charge in [0, 0.05) is 0 Å². The zero-order valence-electron chi connectivity index (χ0n) is 13.9. The van der Waals surface area contributed by atoms with E-state index in [0.717, 1.165) is 46.7 Å². The molecule has 1 aliphatic rings. The van der Waals surface area contributed by atoms with Crippen LogP contribution in [0.25, 0.3) is 10.2 Å². The first-order chi connectivity index (χ1) is 12.3. The van der Waals surface area contributed by atoms with Crippen LogP contribution in [-0.4, -0.2) is 28.9 Å². The molecule has 1 aromatic heterocycles. The summed E-state index contributed by atoms with van der Waals surface area (Å²) in [5.41, 5.74) is 1.96. The van der Waals surface area contributed by atoms with E-state index < -0.39 is 0 Å². The summed E-state index contributed by atoms with van der Waals surface area (Å²) in [6, 6.07) is 17.6. The molecule has 1 atom stereocenters. The third-order valence-electron chi connectivity index (χ3n) is 4.52. The number of nitrogens with zero attached hydrogens (tertiary/aromatic N) is 2. The highest BCUT2D eigenvalue weighted by atomic mass is 32.1. The number of hydrogen-bond acceptors (Lipinski definition) is 5. The topological polar surface area (TPSA) is 42.4 Å². The molecular weight excluding hydrogens is 332 g/mol. The van der Waals surface area contributed by atoms with Crippen molar-refractivity contribution in [2.24, 2.45) is 0 Å². The molecule has 25 heavy (non-hydrogen) atoms. The van der Waals surface area contributed by atoms with E-state index in [0.29, 0.717) is 0 Å². The monoisotopic (exact) mass is 352 g/mol. The Morgan fingerprint density at radius 1 is 1.08 bits per heavy atom. The Bertz CT molecular complexity index is 823. The summed E-state index contributed by atoms with van der Waals surface area (Å²) < 4.78 is 6.77. The number of aromatic nitrogens is 1. The van der Waals surface area contributed by atoms with Crippen LogP contribution in [0, 0.1) is 0 Å². The molecule has 4 nitrogen and oxygen atoms in total. The SMILES string of the molecule is O=C(OCc1nc2ccccc2s1)C(c1ccccc1)N1CCCC1. The molecule has 1 unspecified atom stereocenters. The van der Waals surface area contributed by atoms with Gasteiger partial charge < -0.3 is 4.74 Å². The molecule has 0 bridgehead atoms. The number of carbonyl (C=O) groups excluding carboxylic acids is 1. The number of likely N-dealkylation sites (tertiary alicyclic amines) is 1. The van der Waals surface area contributed by atoms with Crippen molar-refractivity contribution < 1.29 is 9.53 Å². The molecule has 1 aliphatic heterocycles. The lowest BCUT2D eigenvalue weighted by molar-refractivity contribution is -0.151. The first kappa shape index (κ1) is 16.2. The third-order valence-corrected chi connectivity index (χ3v) is 5.53. The Morgan fingerprint density at radius 3 is 2.56 bits per heavy atom. The highest BCUT2D eigenvalue weighted by molar-refractivity contribution is 7.18. The fourth-order valence-electron chi connectivity index (χ4n) is 3.32. The average Bonchev–Trinajstić information content (AvgIpc) is 3.30. The molecule has 2 heterocycles. The molecule has 1 fully saturated rings. The highest BCUT2D eigenvalue weighted by Crippen LogP contribution is 2.27. The summed E-state index contributed by atoms with van der Waals surface area (Å²) in [6.07, 6.45) is 2.27. The second kappa shape index (κ2) is 7.33. The highest BCUT2D eigenvalue weighted by Gasteiger charge is 2.31. The number of ether oxygens (including phenoxy) is 1. The minimum atomic E-state index is -0.321. The third kappa shape index (κ3) is 3.57. The van der Waals surface area contributed by atoms with Crippen LogP contribution < -0.4 is 0 Å². The molecule has 0 aliphatic carbocycles. The van der Waals surface area contributed by atoms with Crippen molar-refractivity contribution in [3.63, 3.8) is 0 Å². The summed E-state index contributed by atoms with van der Waals surface area (Å²) in [6.45, 7) is 2.11. The fraction of sp³-hybridized carbons (Fsp3) is 0.300. The van der Waals surface area contributed by atoms with Crippen molar-refractivity contribution >= 4 is 27.5 Å². The number of rotatable bonds is 5. The molecule has 0 spiro atoms. The van der Waals surface area contributed by atoms with Gasteiger partial charge in [-0.2, -0.15) is 0 Å². The van der Waals surface area contributed by atoms with E-state index in [4.69, 9.17) is 4.74 Å². The van der Waals surface area contributed by atoms with Crippen LogP contribution in [0.5, 0.6) is 0 Å². The van der Waals surface area contributed by atoms with Crippen LogP contribution in [0.2, 0.25) is 0 Å². The Kier molecular flexibility index (Phi) is 4.76. The summed E-state index contributed by atoms with van der Waals surface area (Å²) >= 11 is 1.58. The van der Waals surface area contributed by atoms with Gasteiger partial charge >= 0.3 is 5.97 Å². The molecule has 0 saturated carbocycles. The van der Waals surface area contributed by atoms with Gasteiger partial charge in [0.1, 0.15) is 17.7 Å². The zero-order valence-corrected chi connectivity index (χ0v) is 14.7. The van der Waals surface area contributed by atoms with Gasteiger partial charge in [-0.3, -0.25) is 4.90 Å². The molecule has 4 rings (SSSR count). The quantitative estimate of drug-likeness (QED) is 0.646. The smallest absolute Gasteiger partial charge is 0.328 e. The Labute approximate surface area is 151 Å². The van der Waals surface area contributed by atoms with E-state index in [-0.39, 0.29) is 18.6 Å². The summed E-state index contributed by atoms with van der Waals surface area (Å²) in [5.74, 6) is -0.188. The van der Waals surface area contributed by atoms with Crippen molar-refractivity contribution in [3.8, 4) is 0 Å². The van der Waals surface area contributed by atoms with Gasteiger partial charge in [0.2, 0.25) is 0 Å². The van der Waals surface area contributed by atoms with Crippen LogP contribution in [0.4, 0.5) is 0 Å². The van der Waals surface area contributed by atoms with E-state index in [2.05, 4.69) is 9.88 Å². The van der Waals surface area contributed by atoms with E-state index >= 15 is 0 Å². The molecule has 0 amide bonds. The van der Waals surface area contributed by atoms with Gasteiger partial charge in [0.15, 0.2) is 0 Å². The molecule has 0 radical (unpaired) electrons. The molecule has 0 N–H and O–H groups in total. The first-order valence-electron chi connectivity index (χ1n) is 8.61. The van der Waals surface area contributed by atoms with E-state index in [9.17, 15) is 4.79 Å². The van der Waals surface area contributed by atoms with E-state index in [1.807, 2.05) is 54.6 Å². The van der Waals surface area contributed by atoms with Crippen LogP contribution >= 0.6 is 11.3 Å². The van der Waals surface area contributed by atoms with Gasteiger partial charge in [-0.25, -0.2) is 9.78 Å². The number of fused-ring (bicyclic) bond motifs is 1. The predicted molar refractivity (Wildman–Crippen MR) is 99.4 cm³/mol. The number of thiazole rings is 1. The molecule has 1 saturated heterocycles. The van der Waals surface area contributed by atoms with Crippen molar-refractivity contribution in [1.82, 2.24) is 9.88 Å². The lowest BCUT2D eigenvalue weighted by atomic mass is 10.1. The second-order valence-corrected chi connectivity index (χ2v) is 7.35. The lowest BCUT2D eigenvalue weighted by Gasteiger charge is -2.25. The summed E-state index contributed by atoms with van der Waals surface area (Å²) in [7, 11) is 0. The Hall–Kier alpha value is -2.24. The maximum Gasteiger partial charge on any atom is 0.328 e. The Morgan fingerprint density at radius 2 is 1.80 bits per heavy atom. The van der Waals surface area contributed by atoms with Gasteiger partial charge in [-0.05, 0) is 43.6 Å². The molecule has 5 heteroatoms. The molecule has 128 valence electrons. The largest absolute Gasteiger partial charge is 0.457 e. The van der Waals surface area contributed by atoms with Crippen LogP contribution in [0.3, 0.4) is 0 Å². The number of esters is 1. The standard InChI is InChI=1S/C20H20N2O2S/c23-20(24-14-18-21-16-10-4-5-11-17(16)25-18)19(22-12-6-7-13-22)15-8-2-1-3-9-15/h1-5,8-11,19H,6-7,12-14H2. The minimum Gasteiger partial charge on any atom is -0.457 e. The lowest BCUT2D eigenvalue weighted by Crippen LogP contribution is -2.33. The number of carbonyl (C=O) groups is 1. The number of para-hydroxylation sites is 1. The van der Waals surface area contributed by atoms with Crippen molar-refractivity contribution in [1.29, 1.82) is 0 Å². The van der Waals surface area contributed by atoms with Gasteiger partial charge in [0.25, 0.3) is 0 Å². The maximum atomic E-state index is 12.8. The normalized spacial score (nSPS) is 16.2. The molecule has 3 aromatic rings. The Balaban J connectivity index is 1.50. The number of benzene rings is 2. The minimum absolute atomic E-state index is 0.188. The molecular formula is C20H20N2O2S. The summed E-state index contributed by atoms with van der Waals surface area (Å²) in [4.78, 5) is 19.6. The average molecular weight is 352 g/mol. The second-order valence-electron chi connectivity index (χ2n) is 6.24. The van der Waals surface area contributed by atoms with Crippen molar-refractivity contribution in [3.05, 3.63) is 65.2 Å². The van der Waals surface area contributed by atoms with E-state index in [1.54, 1.807) is 11.3 Å². The van der Waals surface area contributed by atoms with Gasteiger partial charge in [0.05, 0.1) is 10.2 Å². The van der Waals surface area contributed by atoms with Gasteiger partial charge in [-0.1, -0.05) is 42.5 Å². The van der Waals surface area contributed by atoms with Gasteiger partial charge in [-0.15, -0.1) is 11.3 Å². The van der Waals surface area contributed by atoms with Crippen LogP contribution in [0.1, 0.15) is 29.5 Å². The van der Waals surface area contributed by atoms with Crippen LogP contribution in [0.15, 0.2) is 54.6 Å². The summed E-state index contributed by atoms with van der Waals surface area (Å²) in [5, 5.41) is 0.836. The fourth-order valence-corrected chi connectivity index (χ4v) is 4.21. The predicted octanol–water partition coefficient (Wildman–Crippen LogP) is 4.18. The number of hydrogen-bond donors (Lipinski definition) is 0. The zero-order chi connectivity index (χ0) is 17.1. The first-order valence-corrected chi connectivity index (χ1v) is 9.43. The van der Waals surface area contributed by atoms with Crippen molar-refractivity contribution in [2.75, 3.05) is 13.1 Å². The molecule has 2 aromatic carbocycles. The van der Waals surface area contributed by atoms with E-state index in [1.165, 1.54) is 0 Å². The maximum absolute atomic E-state index is 12.8. The van der Waals surface area contributed by atoms with Crippen molar-refractivity contribution in [2.45, 2.75) is 25.5 Å². The van der Waals surface area contributed by atoms with Crippen LogP contribution in [-0.2, 0) is 16.1 Å².